The van der Waals surface area contributed by atoms with Crippen LogP contribution in [0.3, 0.4) is 0 Å². The minimum Gasteiger partial charge on any atom is -0.335 e. The fourth-order valence-electron chi connectivity index (χ4n) is 2.14. The Balaban J connectivity index is 0.000000339. The van der Waals surface area contributed by atoms with Crippen LogP contribution >= 0.6 is 11.6 Å². The molecule has 0 atom stereocenters. The van der Waals surface area contributed by atoms with Crippen molar-refractivity contribution in [2.24, 2.45) is 0 Å². The molecule has 4 rings (SSSR count). The van der Waals surface area contributed by atoms with E-state index in [-0.39, 0.29) is 26.2 Å². The van der Waals surface area contributed by atoms with E-state index in [1.54, 1.807) is 0 Å². The first-order valence-electron chi connectivity index (χ1n) is 7.68. The van der Waals surface area contributed by atoms with Crippen molar-refractivity contribution in [3.8, 4) is 0 Å². The molecular weight excluding hydrogens is 391 g/mol. The number of fused-ring (bicyclic) bond motifs is 2. The molecule has 0 aliphatic rings. The molecule has 0 saturated heterocycles. The van der Waals surface area contributed by atoms with Gasteiger partial charge in [0.05, 0.1) is 0 Å². The summed E-state index contributed by atoms with van der Waals surface area (Å²) < 4.78 is 0. The van der Waals surface area contributed by atoms with Crippen LogP contribution in [-0.2, 0) is 26.2 Å². The monoisotopic (exact) mass is 413 g/mol. The Kier molecular flexibility index (Phi) is 13.5. The van der Waals surface area contributed by atoms with Gasteiger partial charge in [-0.1, -0.05) is 12.1 Å². The van der Waals surface area contributed by atoms with E-state index in [1.165, 1.54) is 27.9 Å². The summed E-state index contributed by atoms with van der Waals surface area (Å²) in [6, 6.07) is 29.3. The number of rotatable bonds is 0. The first-order valence-corrected chi connectivity index (χ1v) is 8.43. The molecule has 0 fully saturated rings. The zero-order valence-corrected chi connectivity index (χ0v) is 17.8. The normalized spacial score (nSPS) is 8.67. The van der Waals surface area contributed by atoms with Gasteiger partial charge < -0.3 is 6.42 Å². The molecule has 123 valence electrons. The summed E-state index contributed by atoms with van der Waals surface area (Å²) in [5.41, 5.74) is 0. The van der Waals surface area contributed by atoms with E-state index in [0.29, 0.717) is 0 Å². The Morgan fingerprint density at radius 1 is 0.667 bits per heavy atom. The predicted octanol–water partition coefficient (Wildman–Crippen LogP) is 7.20. The summed E-state index contributed by atoms with van der Waals surface area (Å²) in [7, 11) is 0. The Morgan fingerprint density at radius 2 is 1.00 bits per heavy atom. The molecule has 0 N–H and O–H groups in total. The van der Waals surface area contributed by atoms with Crippen LogP contribution in [-0.4, -0.2) is 6.38 Å². The predicted molar refractivity (Wildman–Crippen MR) is 107 cm³/mol. The Morgan fingerprint density at radius 3 is 1.33 bits per heavy atom. The zero-order valence-electron chi connectivity index (χ0n) is 14.5. The van der Waals surface area contributed by atoms with Crippen molar-refractivity contribution >= 4 is 33.1 Å². The molecule has 0 amide bonds. The van der Waals surface area contributed by atoms with E-state index in [0.717, 1.165) is 0 Å². The molecule has 0 bridgehead atoms. The molecule has 0 saturated carbocycles. The molecule has 24 heavy (non-hydrogen) atoms. The zero-order chi connectivity index (χ0) is 16.9. The van der Waals surface area contributed by atoms with Crippen LogP contribution in [0.5, 0.6) is 0 Å². The second kappa shape index (κ2) is 14.2. The van der Waals surface area contributed by atoms with Gasteiger partial charge in [-0.3, -0.25) is 0 Å². The fraction of sp³-hybridized carbons (Fsp3) is 0.136. The minimum atomic E-state index is 0. The number of alkyl halides is 1. The van der Waals surface area contributed by atoms with Crippen LogP contribution in [0.15, 0.2) is 84.9 Å². The van der Waals surface area contributed by atoms with Gasteiger partial charge in [0.1, 0.15) is 0 Å². The summed E-state index contributed by atoms with van der Waals surface area (Å²) in [5, 5.41) is 5.32. The van der Waals surface area contributed by atoms with Crippen LogP contribution in [0.4, 0.5) is 0 Å². The van der Waals surface area contributed by atoms with Crippen molar-refractivity contribution in [1.29, 1.82) is 0 Å². The quantitative estimate of drug-likeness (QED) is 0.211. The van der Waals surface area contributed by atoms with Crippen LogP contribution in [0, 0.1) is 6.42 Å². The maximum atomic E-state index is 4.64. The number of benzene rings is 2. The van der Waals surface area contributed by atoms with Crippen molar-refractivity contribution < 1.29 is 26.2 Å². The van der Waals surface area contributed by atoms with E-state index >= 15 is 0 Å². The Bertz CT molecular complexity index is 641. The largest absolute Gasteiger partial charge is 3.00 e. The third-order valence-electron chi connectivity index (χ3n) is 3.10. The van der Waals surface area contributed by atoms with Gasteiger partial charge in [-0.2, -0.15) is 48.9 Å². The van der Waals surface area contributed by atoms with Crippen molar-refractivity contribution in [1.82, 2.24) is 0 Å². The standard InChI is InChI=1S/2C9H7.C3H7.CH3Cl.Zr/c2*1-2-5-9-7-3-6-8(9)4-1;1-3-2;1-2;/h2*1-7H;3H,1-2H3;1H3;/q3*-1;;+3. The first kappa shape index (κ1) is 22.8. The maximum absolute atomic E-state index is 4.64. The maximum Gasteiger partial charge on any atom is 3.00 e. The first-order chi connectivity index (χ1) is 11.3. The second-order valence-electron chi connectivity index (χ2n) is 4.89. The van der Waals surface area contributed by atoms with Crippen LogP contribution in [0.25, 0.3) is 21.5 Å². The molecule has 0 spiro atoms. The van der Waals surface area contributed by atoms with E-state index in [2.05, 4.69) is 96.5 Å². The number of hydrogen-bond acceptors (Lipinski definition) is 0. The molecule has 0 heterocycles. The van der Waals surface area contributed by atoms with Crippen molar-refractivity contribution in [2.75, 3.05) is 6.38 Å². The van der Waals surface area contributed by atoms with E-state index in [4.69, 9.17) is 0 Å². The van der Waals surface area contributed by atoms with Gasteiger partial charge in [0.15, 0.2) is 0 Å². The van der Waals surface area contributed by atoms with Crippen LogP contribution in [0.2, 0.25) is 0 Å². The van der Waals surface area contributed by atoms with Gasteiger partial charge in [-0.25, -0.2) is 0 Å². The third kappa shape index (κ3) is 7.60. The summed E-state index contributed by atoms with van der Waals surface area (Å²) in [5.74, 6) is 0. The summed E-state index contributed by atoms with van der Waals surface area (Å²) >= 11 is 4.64. The average Bonchev–Trinajstić information content (AvgIpc) is 3.27. The Labute approximate surface area is 170 Å². The van der Waals surface area contributed by atoms with Crippen LogP contribution < -0.4 is 0 Å². The second-order valence-corrected chi connectivity index (χ2v) is 4.89. The summed E-state index contributed by atoms with van der Waals surface area (Å²) in [4.78, 5) is 0. The molecule has 1 radical (unpaired) electrons. The summed E-state index contributed by atoms with van der Waals surface area (Å²) in [6.07, 6.45) is 3.47. The smallest absolute Gasteiger partial charge is 0.335 e. The molecule has 0 aromatic heterocycles. The van der Waals surface area contributed by atoms with E-state index in [9.17, 15) is 0 Å². The number of hydrogen-bond donors (Lipinski definition) is 0. The van der Waals surface area contributed by atoms with E-state index < -0.39 is 0 Å². The van der Waals surface area contributed by atoms with E-state index in [1.807, 2.05) is 20.3 Å². The van der Waals surface area contributed by atoms with Crippen molar-refractivity contribution in [3.63, 3.8) is 0 Å². The molecule has 4 aromatic carbocycles. The van der Waals surface area contributed by atoms with Gasteiger partial charge in [-0.05, 0) is 0 Å². The molecule has 0 aliphatic carbocycles. The van der Waals surface area contributed by atoms with Gasteiger partial charge in [0, 0.05) is 6.38 Å². The van der Waals surface area contributed by atoms with Gasteiger partial charge in [0.25, 0.3) is 0 Å². The molecule has 4 aromatic rings. The van der Waals surface area contributed by atoms with Gasteiger partial charge >= 0.3 is 26.2 Å². The molecule has 2 heteroatoms. The molecule has 0 unspecified atom stereocenters. The SMILES string of the molecule is CCl.C[CH-]C.[Zr+3].c1ccc2[cH-]ccc2c1.c1ccc2[cH-]ccc2c1. The van der Waals surface area contributed by atoms with Crippen LogP contribution in [0.1, 0.15) is 13.8 Å². The Hall–Kier alpha value is -1.17. The fourth-order valence-corrected chi connectivity index (χ4v) is 2.14. The summed E-state index contributed by atoms with van der Waals surface area (Å²) in [6.45, 7) is 4.00. The molecule has 0 aliphatic heterocycles. The average molecular weight is 415 g/mol. The van der Waals surface area contributed by atoms with Gasteiger partial charge in [-0.15, -0.1) is 70.9 Å². The molecular formula is C22H24ClZr. The third-order valence-corrected chi connectivity index (χ3v) is 3.10. The van der Waals surface area contributed by atoms with Crippen molar-refractivity contribution in [3.05, 3.63) is 91.3 Å². The number of halogens is 1. The topological polar surface area (TPSA) is 0 Å². The minimum absolute atomic E-state index is 0. The molecule has 0 nitrogen and oxygen atoms in total. The van der Waals surface area contributed by atoms with Gasteiger partial charge in [0.2, 0.25) is 0 Å². The van der Waals surface area contributed by atoms with Crippen molar-refractivity contribution in [2.45, 2.75) is 13.8 Å².